The quantitative estimate of drug-likeness (QED) is 0.666. The third-order valence-corrected chi connectivity index (χ3v) is 5.15. The first-order chi connectivity index (χ1) is 14.3. The molecule has 0 aliphatic carbocycles. The van der Waals surface area contributed by atoms with E-state index >= 15 is 0 Å². The number of halogens is 1. The highest BCUT2D eigenvalue weighted by molar-refractivity contribution is 6.29. The van der Waals surface area contributed by atoms with Gasteiger partial charge in [-0.3, -0.25) is 9.48 Å². The lowest BCUT2D eigenvalue weighted by Gasteiger charge is -2.38. The normalized spacial score (nSPS) is 14.5. The highest BCUT2D eigenvalue weighted by Gasteiger charge is 2.33. The minimum atomic E-state index is -0.0715. The fourth-order valence-electron chi connectivity index (χ4n) is 3.38. The second-order valence-corrected chi connectivity index (χ2v) is 9.26. The van der Waals surface area contributed by atoms with Crippen LogP contribution in [0.3, 0.4) is 0 Å². The molecule has 0 atom stereocenters. The average Bonchev–Trinajstić information content (AvgIpc) is 3.09. The summed E-state index contributed by atoms with van der Waals surface area (Å²) >= 11 is 5.76. The van der Waals surface area contributed by atoms with Gasteiger partial charge < -0.3 is 10.2 Å². The van der Waals surface area contributed by atoms with Crippen LogP contribution in [0.2, 0.25) is 5.15 Å². The Labute approximate surface area is 181 Å². The lowest BCUT2D eigenvalue weighted by atomic mass is 9.97. The van der Waals surface area contributed by atoms with Gasteiger partial charge in [0.2, 0.25) is 5.91 Å². The molecule has 1 aromatic carbocycles. The Morgan fingerprint density at radius 2 is 1.83 bits per heavy atom. The van der Waals surface area contributed by atoms with Gasteiger partial charge in [0.15, 0.2) is 11.0 Å². The summed E-state index contributed by atoms with van der Waals surface area (Å²) in [7, 11) is 0. The van der Waals surface area contributed by atoms with Crippen molar-refractivity contribution in [3.8, 4) is 11.1 Å². The van der Waals surface area contributed by atoms with Crippen LogP contribution in [0.15, 0.2) is 48.8 Å². The molecule has 0 unspecified atom stereocenters. The van der Waals surface area contributed by atoms with E-state index < -0.39 is 0 Å². The van der Waals surface area contributed by atoms with Gasteiger partial charge in [-0.1, -0.05) is 44.5 Å². The van der Waals surface area contributed by atoms with Crippen LogP contribution < -0.4 is 10.2 Å². The summed E-state index contributed by atoms with van der Waals surface area (Å²) in [6.07, 6.45) is 3.93. The molecular weight excluding hydrogens is 400 g/mol. The number of rotatable bonds is 5. The number of amides is 1. The van der Waals surface area contributed by atoms with Gasteiger partial charge in [-0.15, -0.1) is 10.2 Å². The zero-order valence-corrected chi connectivity index (χ0v) is 18.1. The third-order valence-electron chi connectivity index (χ3n) is 4.95. The summed E-state index contributed by atoms with van der Waals surface area (Å²) in [6.45, 7) is 8.67. The van der Waals surface area contributed by atoms with Crippen molar-refractivity contribution in [3.63, 3.8) is 0 Å². The van der Waals surface area contributed by atoms with Gasteiger partial charge in [0, 0.05) is 37.1 Å². The Balaban J connectivity index is 1.32. The number of hydrogen-bond acceptors (Lipinski definition) is 5. The zero-order chi connectivity index (χ0) is 21.3. The molecule has 2 aromatic heterocycles. The number of carbonyl (C=O) groups excluding carboxylic acids is 1. The summed E-state index contributed by atoms with van der Waals surface area (Å²) in [5.74, 6) is 0.677. The van der Waals surface area contributed by atoms with Crippen LogP contribution >= 0.6 is 11.6 Å². The van der Waals surface area contributed by atoms with Gasteiger partial charge in [-0.2, -0.15) is 5.10 Å². The molecule has 1 fully saturated rings. The fourth-order valence-corrected chi connectivity index (χ4v) is 3.49. The van der Waals surface area contributed by atoms with E-state index in [1.807, 2.05) is 46.1 Å². The molecule has 0 saturated carbocycles. The smallest absolute Gasteiger partial charge is 0.231 e. The van der Waals surface area contributed by atoms with Gasteiger partial charge in [0.05, 0.1) is 12.1 Å². The zero-order valence-electron chi connectivity index (χ0n) is 17.3. The first kappa shape index (κ1) is 20.3. The van der Waals surface area contributed by atoms with Crippen LogP contribution in [0.25, 0.3) is 11.1 Å². The summed E-state index contributed by atoms with van der Waals surface area (Å²) < 4.78 is 1.97. The maximum absolute atomic E-state index is 12.5. The molecule has 3 heterocycles. The fraction of sp³-hybridized carbons (Fsp3) is 0.364. The third kappa shape index (κ3) is 4.79. The molecule has 1 N–H and O–H groups in total. The minimum absolute atomic E-state index is 0.0129. The van der Waals surface area contributed by atoms with E-state index in [2.05, 4.69) is 47.6 Å². The van der Waals surface area contributed by atoms with Crippen LogP contribution in [-0.2, 0) is 11.3 Å². The first-order valence-electron chi connectivity index (χ1n) is 9.95. The predicted molar refractivity (Wildman–Crippen MR) is 118 cm³/mol. The molecular formula is C22H25ClN6O. The number of nitrogens with zero attached hydrogens (tertiary/aromatic N) is 5. The number of carbonyl (C=O) groups is 1. The number of nitrogens with one attached hydrogen (secondary N) is 1. The second-order valence-electron chi connectivity index (χ2n) is 8.87. The van der Waals surface area contributed by atoms with Crippen LogP contribution in [-0.4, -0.2) is 39.0 Å². The van der Waals surface area contributed by atoms with E-state index in [4.69, 9.17) is 11.6 Å². The Morgan fingerprint density at radius 1 is 1.10 bits per heavy atom. The molecule has 8 heteroatoms. The largest absolute Gasteiger partial charge is 0.353 e. The Kier molecular flexibility index (Phi) is 5.47. The Bertz CT molecular complexity index is 1020. The molecule has 3 aromatic rings. The number of anilines is 2. The molecule has 0 bridgehead atoms. The average molecular weight is 425 g/mol. The van der Waals surface area contributed by atoms with Crippen molar-refractivity contribution in [1.29, 1.82) is 0 Å². The molecule has 0 radical (unpaired) electrons. The maximum atomic E-state index is 12.5. The van der Waals surface area contributed by atoms with Gasteiger partial charge in [-0.05, 0) is 35.2 Å². The van der Waals surface area contributed by atoms with Gasteiger partial charge >= 0.3 is 0 Å². The number of aromatic nitrogens is 4. The van der Waals surface area contributed by atoms with Gasteiger partial charge in [0.1, 0.15) is 0 Å². The summed E-state index contributed by atoms with van der Waals surface area (Å²) in [5, 5.41) is 15.7. The van der Waals surface area contributed by atoms with E-state index in [9.17, 15) is 4.79 Å². The van der Waals surface area contributed by atoms with Crippen molar-refractivity contribution in [3.05, 3.63) is 53.9 Å². The molecule has 1 amide bonds. The van der Waals surface area contributed by atoms with Crippen molar-refractivity contribution in [2.24, 2.45) is 11.3 Å². The summed E-state index contributed by atoms with van der Waals surface area (Å²) in [6, 6.07) is 11.4. The Hall–Kier alpha value is -2.93. The van der Waals surface area contributed by atoms with E-state index in [0.29, 0.717) is 18.2 Å². The summed E-state index contributed by atoms with van der Waals surface area (Å²) in [4.78, 5) is 14.5. The highest BCUT2D eigenvalue weighted by Crippen LogP contribution is 2.26. The van der Waals surface area contributed by atoms with E-state index in [-0.39, 0.29) is 17.2 Å². The molecule has 4 rings (SSSR count). The van der Waals surface area contributed by atoms with E-state index in [1.54, 1.807) is 6.07 Å². The lowest BCUT2D eigenvalue weighted by molar-refractivity contribution is -0.120. The van der Waals surface area contributed by atoms with Crippen LogP contribution in [0.1, 0.15) is 20.8 Å². The van der Waals surface area contributed by atoms with E-state index in [0.717, 1.165) is 29.2 Å². The Morgan fingerprint density at radius 3 is 2.47 bits per heavy atom. The molecule has 1 saturated heterocycles. The standard InChI is InChI=1S/C22H25ClN6O/c1-22(2,3)14-29-13-16(10-24-29)15-4-6-18(7-5-15)25-21(30)17-11-28(12-17)20-9-8-19(23)26-27-20/h4-10,13,17H,11-12,14H2,1-3H3,(H,25,30). The maximum Gasteiger partial charge on any atom is 0.231 e. The lowest BCUT2D eigenvalue weighted by Crippen LogP contribution is -2.52. The molecule has 156 valence electrons. The highest BCUT2D eigenvalue weighted by atomic mass is 35.5. The van der Waals surface area contributed by atoms with Crippen molar-refractivity contribution >= 4 is 29.0 Å². The predicted octanol–water partition coefficient (Wildman–Crippen LogP) is 4.11. The van der Waals surface area contributed by atoms with Gasteiger partial charge in [0.25, 0.3) is 0 Å². The van der Waals surface area contributed by atoms with Crippen LogP contribution in [0.4, 0.5) is 11.5 Å². The summed E-state index contributed by atoms with van der Waals surface area (Å²) in [5.41, 5.74) is 3.10. The molecule has 1 aliphatic rings. The number of hydrogen-bond donors (Lipinski definition) is 1. The first-order valence-corrected chi connectivity index (χ1v) is 10.3. The van der Waals surface area contributed by atoms with Crippen LogP contribution in [0.5, 0.6) is 0 Å². The van der Waals surface area contributed by atoms with E-state index in [1.165, 1.54) is 0 Å². The van der Waals surface area contributed by atoms with Crippen molar-refractivity contribution in [2.45, 2.75) is 27.3 Å². The monoisotopic (exact) mass is 424 g/mol. The number of benzene rings is 1. The molecule has 1 aliphatic heterocycles. The molecule has 0 spiro atoms. The van der Waals surface area contributed by atoms with Crippen molar-refractivity contribution in [2.75, 3.05) is 23.3 Å². The molecule has 30 heavy (non-hydrogen) atoms. The second kappa shape index (κ2) is 8.07. The SMILES string of the molecule is CC(C)(C)Cn1cc(-c2ccc(NC(=O)C3CN(c4ccc(Cl)nn4)C3)cc2)cn1. The van der Waals surface area contributed by atoms with Gasteiger partial charge in [-0.25, -0.2) is 0 Å². The topological polar surface area (TPSA) is 75.9 Å². The van der Waals surface area contributed by atoms with Crippen LogP contribution in [0, 0.1) is 11.3 Å². The molecule has 7 nitrogen and oxygen atoms in total. The van der Waals surface area contributed by atoms with Crippen molar-refractivity contribution in [1.82, 2.24) is 20.0 Å². The minimum Gasteiger partial charge on any atom is -0.353 e. The van der Waals surface area contributed by atoms with Crippen molar-refractivity contribution < 1.29 is 4.79 Å².